The molecule has 1 rings (SSSR count). The Labute approximate surface area is 70.1 Å². The van der Waals surface area contributed by atoms with E-state index in [1.165, 1.54) is 4.88 Å². The molecule has 0 atom stereocenters. The van der Waals surface area contributed by atoms with Crippen molar-refractivity contribution >= 4 is 11.3 Å². The minimum atomic E-state index is -0.0892. The van der Waals surface area contributed by atoms with Crippen molar-refractivity contribution < 1.29 is 10.2 Å². The third-order valence-corrected chi connectivity index (χ3v) is 2.77. The second kappa shape index (κ2) is 3.85. The minimum Gasteiger partial charge on any atom is -0.396 e. The maximum Gasteiger partial charge on any atom is 0.0529 e. The van der Waals surface area contributed by atoms with Crippen molar-refractivity contribution in [2.24, 2.45) is 0 Å². The monoisotopic (exact) mass is 172 g/mol. The van der Waals surface area contributed by atoms with Gasteiger partial charge >= 0.3 is 0 Å². The van der Waals surface area contributed by atoms with E-state index in [-0.39, 0.29) is 19.1 Å². The Bertz CT molecular complexity index is 216. The van der Waals surface area contributed by atoms with Crippen molar-refractivity contribution in [1.82, 2.24) is 0 Å². The van der Waals surface area contributed by atoms with E-state index in [9.17, 15) is 0 Å². The van der Waals surface area contributed by atoms with Gasteiger partial charge in [-0.2, -0.15) is 0 Å². The van der Waals surface area contributed by atoms with E-state index in [1.807, 2.05) is 19.1 Å². The fourth-order valence-electron chi connectivity index (χ4n) is 0.911. The highest BCUT2D eigenvalue weighted by molar-refractivity contribution is 7.12. The fourth-order valence-corrected chi connectivity index (χ4v) is 1.87. The highest BCUT2D eigenvalue weighted by Gasteiger charge is 2.09. The van der Waals surface area contributed by atoms with Crippen molar-refractivity contribution in [1.29, 1.82) is 0 Å². The van der Waals surface area contributed by atoms with Crippen molar-refractivity contribution in [3.05, 3.63) is 21.9 Å². The van der Waals surface area contributed by atoms with E-state index in [1.54, 1.807) is 11.3 Å². The zero-order valence-corrected chi connectivity index (χ0v) is 7.27. The van der Waals surface area contributed by atoms with Gasteiger partial charge in [-0.3, -0.25) is 0 Å². The first-order valence-corrected chi connectivity index (χ1v) is 4.37. The molecule has 0 fully saturated rings. The number of aryl methyl sites for hydroxylation is 1. The highest BCUT2D eigenvalue weighted by Crippen LogP contribution is 2.23. The summed E-state index contributed by atoms with van der Waals surface area (Å²) >= 11 is 1.62. The summed E-state index contributed by atoms with van der Waals surface area (Å²) in [5, 5.41) is 17.7. The topological polar surface area (TPSA) is 40.5 Å². The summed E-state index contributed by atoms with van der Waals surface area (Å²) in [7, 11) is 0. The van der Waals surface area contributed by atoms with E-state index in [0.29, 0.717) is 0 Å². The molecule has 0 aliphatic rings. The number of aliphatic hydroxyl groups is 2. The molecular formula is C8H12O2S. The molecule has 2 N–H and O–H groups in total. The van der Waals surface area contributed by atoms with E-state index in [4.69, 9.17) is 10.2 Å². The molecule has 0 aliphatic heterocycles. The first-order chi connectivity index (χ1) is 5.27. The van der Waals surface area contributed by atoms with Crippen LogP contribution in [0.5, 0.6) is 0 Å². The quantitative estimate of drug-likeness (QED) is 0.717. The SMILES string of the molecule is Cc1ccc(C(CO)CO)s1. The number of rotatable bonds is 3. The van der Waals surface area contributed by atoms with Crippen molar-refractivity contribution in [3.8, 4) is 0 Å². The molecule has 0 saturated heterocycles. The molecule has 1 aromatic rings. The fraction of sp³-hybridized carbons (Fsp3) is 0.500. The van der Waals surface area contributed by atoms with Gasteiger partial charge in [0.2, 0.25) is 0 Å². The molecule has 0 bridgehead atoms. The molecule has 0 aromatic carbocycles. The van der Waals surface area contributed by atoms with Gasteiger partial charge in [0.15, 0.2) is 0 Å². The lowest BCUT2D eigenvalue weighted by Gasteiger charge is -2.06. The molecule has 0 radical (unpaired) electrons. The Balaban J connectivity index is 2.73. The molecule has 62 valence electrons. The predicted molar refractivity (Wildman–Crippen MR) is 46.0 cm³/mol. The highest BCUT2D eigenvalue weighted by atomic mass is 32.1. The van der Waals surface area contributed by atoms with E-state index in [2.05, 4.69) is 0 Å². The van der Waals surface area contributed by atoms with E-state index >= 15 is 0 Å². The summed E-state index contributed by atoms with van der Waals surface area (Å²) in [5.41, 5.74) is 0. The number of hydrogen-bond acceptors (Lipinski definition) is 3. The molecule has 0 saturated carbocycles. The lowest BCUT2D eigenvalue weighted by Crippen LogP contribution is -2.06. The van der Waals surface area contributed by atoms with Gasteiger partial charge in [-0.15, -0.1) is 11.3 Å². The Morgan fingerprint density at radius 3 is 2.36 bits per heavy atom. The zero-order valence-electron chi connectivity index (χ0n) is 6.45. The van der Waals surface area contributed by atoms with Crippen LogP contribution in [0.4, 0.5) is 0 Å². The summed E-state index contributed by atoms with van der Waals surface area (Å²) in [4.78, 5) is 2.28. The van der Waals surface area contributed by atoms with Crippen LogP contribution in [0.3, 0.4) is 0 Å². The molecule has 0 spiro atoms. The van der Waals surface area contributed by atoms with Crippen molar-refractivity contribution in [2.75, 3.05) is 13.2 Å². The van der Waals surface area contributed by atoms with Crippen LogP contribution in [-0.4, -0.2) is 23.4 Å². The van der Waals surface area contributed by atoms with Crippen molar-refractivity contribution in [2.45, 2.75) is 12.8 Å². The smallest absolute Gasteiger partial charge is 0.0529 e. The third-order valence-electron chi connectivity index (χ3n) is 1.60. The Morgan fingerprint density at radius 1 is 1.36 bits per heavy atom. The number of hydrogen-bond donors (Lipinski definition) is 2. The van der Waals surface area contributed by atoms with Gasteiger partial charge in [0, 0.05) is 15.7 Å². The summed E-state index contributed by atoms with van der Waals surface area (Å²) in [5.74, 6) is -0.0892. The van der Waals surface area contributed by atoms with Gasteiger partial charge < -0.3 is 10.2 Å². The molecule has 11 heavy (non-hydrogen) atoms. The molecule has 0 amide bonds. The van der Waals surface area contributed by atoms with E-state index in [0.717, 1.165) is 4.88 Å². The van der Waals surface area contributed by atoms with Gasteiger partial charge in [0.05, 0.1) is 13.2 Å². The average Bonchev–Trinajstić information content (AvgIpc) is 2.39. The molecule has 1 heterocycles. The maximum atomic E-state index is 8.84. The largest absolute Gasteiger partial charge is 0.396 e. The average molecular weight is 172 g/mol. The van der Waals surface area contributed by atoms with Crippen LogP contribution < -0.4 is 0 Å². The van der Waals surface area contributed by atoms with Crippen LogP contribution in [-0.2, 0) is 0 Å². The Kier molecular flexibility index (Phi) is 3.05. The third kappa shape index (κ3) is 2.02. The lowest BCUT2D eigenvalue weighted by atomic mass is 10.1. The second-order valence-corrected chi connectivity index (χ2v) is 3.83. The molecule has 2 nitrogen and oxygen atoms in total. The standard InChI is InChI=1S/C8H12O2S/c1-6-2-3-8(11-6)7(4-9)5-10/h2-3,7,9-10H,4-5H2,1H3. The van der Waals surface area contributed by atoms with Crippen molar-refractivity contribution in [3.63, 3.8) is 0 Å². The van der Waals surface area contributed by atoms with Crippen LogP contribution in [0.15, 0.2) is 12.1 Å². The van der Waals surface area contributed by atoms with E-state index < -0.39 is 0 Å². The molecule has 3 heteroatoms. The molecule has 0 unspecified atom stereocenters. The first kappa shape index (κ1) is 8.71. The lowest BCUT2D eigenvalue weighted by molar-refractivity contribution is 0.194. The minimum absolute atomic E-state index is 0.0243. The van der Waals surface area contributed by atoms with Gasteiger partial charge in [-0.25, -0.2) is 0 Å². The van der Waals surface area contributed by atoms with Crippen LogP contribution in [0.1, 0.15) is 15.7 Å². The van der Waals surface area contributed by atoms with Gasteiger partial charge in [-0.05, 0) is 19.1 Å². The summed E-state index contributed by atoms with van der Waals surface area (Å²) < 4.78 is 0. The normalized spacial score (nSPS) is 10.9. The molecule has 1 aromatic heterocycles. The Hall–Kier alpha value is -0.380. The van der Waals surface area contributed by atoms with Gasteiger partial charge in [-0.1, -0.05) is 0 Å². The van der Waals surface area contributed by atoms with Crippen LogP contribution >= 0.6 is 11.3 Å². The van der Waals surface area contributed by atoms with Crippen LogP contribution in [0.2, 0.25) is 0 Å². The summed E-state index contributed by atoms with van der Waals surface area (Å²) in [6.45, 7) is 2.06. The molecule has 0 aliphatic carbocycles. The van der Waals surface area contributed by atoms with Crippen LogP contribution in [0.25, 0.3) is 0 Å². The first-order valence-electron chi connectivity index (χ1n) is 3.56. The molecular weight excluding hydrogens is 160 g/mol. The zero-order chi connectivity index (χ0) is 8.27. The summed E-state index contributed by atoms with van der Waals surface area (Å²) in [6, 6.07) is 3.95. The number of thiophene rings is 1. The van der Waals surface area contributed by atoms with Crippen LogP contribution in [0, 0.1) is 6.92 Å². The summed E-state index contributed by atoms with van der Waals surface area (Å²) in [6.07, 6.45) is 0. The maximum absolute atomic E-state index is 8.84. The second-order valence-electron chi connectivity index (χ2n) is 2.51. The number of aliphatic hydroxyl groups excluding tert-OH is 2. The Morgan fingerprint density at radius 2 is 2.00 bits per heavy atom. The van der Waals surface area contributed by atoms with Gasteiger partial charge in [0.1, 0.15) is 0 Å². The predicted octanol–water partition coefficient (Wildman–Crippen LogP) is 1.12. The van der Waals surface area contributed by atoms with Gasteiger partial charge in [0.25, 0.3) is 0 Å².